The predicted octanol–water partition coefficient (Wildman–Crippen LogP) is 6.21. The Morgan fingerprint density at radius 2 is 1.67 bits per heavy atom. The van der Waals surface area contributed by atoms with Gasteiger partial charge in [-0.05, 0) is 69.2 Å². The summed E-state index contributed by atoms with van der Waals surface area (Å²) in [6, 6.07) is 19.3. The number of nitrogens with zero attached hydrogens (tertiary/aromatic N) is 3. The van der Waals surface area contributed by atoms with Crippen LogP contribution >= 0.6 is 0 Å². The average Bonchev–Trinajstić information content (AvgIpc) is 3.44. The van der Waals surface area contributed by atoms with E-state index in [4.69, 9.17) is 4.74 Å². The number of alkyl halides is 3. The number of amides is 3. The van der Waals surface area contributed by atoms with Gasteiger partial charge >= 0.3 is 12.3 Å². The standard InChI is InChI=1S/C34H34F3N5O4/c1-5-41-30-26(20-39-42(30)25-15-7-6-8-16-25)27(22-12-9-11-21(17-22)19-38-32(45)46-33(2,3)4)28(31(41)44)40-29(43)23-13-10-14-24(18-23)34(35,36)37/h6-18,20,27-28H,5,19H2,1-4H3,(H,38,45)(H,40,43)/t27-,28+/m0/s1. The first-order valence-electron chi connectivity index (χ1n) is 14.8. The number of hydrogen-bond acceptors (Lipinski definition) is 5. The van der Waals surface area contributed by atoms with Crippen LogP contribution in [0.25, 0.3) is 5.69 Å². The number of ether oxygens (including phenoxy) is 1. The van der Waals surface area contributed by atoms with Crippen LogP contribution in [-0.2, 0) is 22.3 Å². The predicted molar refractivity (Wildman–Crippen MR) is 166 cm³/mol. The van der Waals surface area contributed by atoms with Crippen LogP contribution < -0.4 is 15.5 Å². The van der Waals surface area contributed by atoms with E-state index in [1.807, 2.05) is 36.4 Å². The normalized spacial score (nSPS) is 16.5. The van der Waals surface area contributed by atoms with Gasteiger partial charge in [-0.1, -0.05) is 48.5 Å². The zero-order valence-electron chi connectivity index (χ0n) is 25.8. The highest BCUT2D eigenvalue weighted by atomic mass is 19.4. The Bertz CT molecular complexity index is 1750. The SMILES string of the molecule is CCN1C(=O)[C@H](NC(=O)c2cccc(C(F)(F)F)c2)[C@@H](c2cccc(CNC(=O)OC(C)(C)C)c2)c2cnn(-c3ccccc3)c21. The molecular weight excluding hydrogens is 599 g/mol. The minimum atomic E-state index is -4.65. The first-order chi connectivity index (χ1) is 21.8. The molecule has 0 unspecified atom stereocenters. The third-order valence-corrected chi connectivity index (χ3v) is 7.43. The topological polar surface area (TPSA) is 106 Å². The summed E-state index contributed by atoms with van der Waals surface area (Å²) in [4.78, 5) is 41.5. The van der Waals surface area contributed by atoms with Crippen molar-refractivity contribution in [3.8, 4) is 5.69 Å². The lowest BCUT2D eigenvalue weighted by Crippen LogP contribution is -2.55. The average molecular weight is 634 g/mol. The van der Waals surface area contributed by atoms with Crippen molar-refractivity contribution >= 4 is 23.7 Å². The molecule has 12 heteroatoms. The lowest BCUT2D eigenvalue weighted by molar-refractivity contribution is -0.137. The van der Waals surface area contributed by atoms with Gasteiger partial charge in [0.1, 0.15) is 17.5 Å². The van der Waals surface area contributed by atoms with Crippen LogP contribution in [0, 0.1) is 0 Å². The van der Waals surface area contributed by atoms with E-state index in [-0.39, 0.29) is 18.7 Å². The molecule has 2 heterocycles. The highest BCUT2D eigenvalue weighted by Gasteiger charge is 2.44. The van der Waals surface area contributed by atoms with E-state index in [0.29, 0.717) is 22.5 Å². The van der Waals surface area contributed by atoms with Crippen LogP contribution in [0.4, 0.5) is 23.8 Å². The lowest BCUT2D eigenvalue weighted by Gasteiger charge is -2.38. The number of aromatic nitrogens is 2. The molecule has 1 aliphatic rings. The molecule has 1 aromatic heterocycles. The number of nitrogens with one attached hydrogen (secondary N) is 2. The molecule has 0 radical (unpaired) electrons. The molecule has 3 aromatic carbocycles. The van der Waals surface area contributed by atoms with Crippen LogP contribution in [-0.4, -0.2) is 45.9 Å². The van der Waals surface area contributed by atoms with Gasteiger partial charge in [-0.15, -0.1) is 0 Å². The Morgan fingerprint density at radius 3 is 2.35 bits per heavy atom. The van der Waals surface area contributed by atoms with Crippen molar-refractivity contribution in [1.82, 2.24) is 20.4 Å². The van der Waals surface area contributed by atoms with E-state index in [0.717, 1.165) is 23.9 Å². The van der Waals surface area contributed by atoms with Gasteiger partial charge in [-0.3, -0.25) is 14.5 Å². The Balaban J connectivity index is 1.56. The van der Waals surface area contributed by atoms with Crippen LogP contribution in [0.5, 0.6) is 0 Å². The van der Waals surface area contributed by atoms with Gasteiger partial charge in [-0.2, -0.15) is 18.3 Å². The molecule has 46 heavy (non-hydrogen) atoms. The Kier molecular flexibility index (Phi) is 8.91. The van der Waals surface area contributed by atoms with E-state index in [2.05, 4.69) is 15.7 Å². The molecule has 4 aromatic rings. The number of likely N-dealkylation sites (N-methyl/N-ethyl adjacent to an activating group) is 1. The minimum absolute atomic E-state index is 0.127. The third kappa shape index (κ3) is 6.90. The second-order valence-electron chi connectivity index (χ2n) is 11.9. The number of hydrogen-bond donors (Lipinski definition) is 2. The first-order valence-corrected chi connectivity index (χ1v) is 14.8. The fourth-order valence-corrected chi connectivity index (χ4v) is 5.47. The van der Waals surface area contributed by atoms with Crippen LogP contribution in [0.2, 0.25) is 0 Å². The molecule has 0 aliphatic carbocycles. The van der Waals surface area contributed by atoms with E-state index in [9.17, 15) is 27.6 Å². The fraction of sp³-hybridized carbons (Fsp3) is 0.294. The van der Waals surface area contributed by atoms with Crippen molar-refractivity contribution in [2.24, 2.45) is 0 Å². The maximum Gasteiger partial charge on any atom is 0.416 e. The van der Waals surface area contributed by atoms with Crippen LogP contribution in [0.1, 0.15) is 66.2 Å². The molecule has 5 rings (SSSR count). The summed E-state index contributed by atoms with van der Waals surface area (Å²) in [6.45, 7) is 7.43. The summed E-state index contributed by atoms with van der Waals surface area (Å²) in [7, 11) is 0. The Hall–Kier alpha value is -5.13. The number of benzene rings is 3. The van der Waals surface area contributed by atoms with Crippen LogP contribution in [0.15, 0.2) is 85.1 Å². The molecule has 0 spiro atoms. The molecule has 0 fully saturated rings. The summed E-state index contributed by atoms with van der Waals surface area (Å²) in [5.41, 5.74) is 0.806. The zero-order valence-corrected chi connectivity index (χ0v) is 25.8. The van der Waals surface area contributed by atoms with Crippen molar-refractivity contribution < 1.29 is 32.3 Å². The monoisotopic (exact) mass is 633 g/mol. The number of halogens is 3. The number of carbonyl (C=O) groups excluding carboxylic acids is 3. The number of fused-ring (bicyclic) bond motifs is 1. The summed E-state index contributed by atoms with van der Waals surface area (Å²) < 4.78 is 47.3. The van der Waals surface area contributed by atoms with Crippen molar-refractivity contribution in [3.63, 3.8) is 0 Å². The van der Waals surface area contributed by atoms with Gasteiger partial charge in [-0.25, -0.2) is 9.48 Å². The zero-order chi connectivity index (χ0) is 33.2. The van der Waals surface area contributed by atoms with Gasteiger partial charge < -0.3 is 15.4 Å². The molecule has 240 valence electrons. The number of rotatable bonds is 7. The molecule has 0 saturated carbocycles. The molecule has 0 bridgehead atoms. The Labute approximate surface area is 264 Å². The molecule has 0 saturated heterocycles. The molecule has 3 amide bonds. The number of anilines is 1. The van der Waals surface area contributed by atoms with Gasteiger partial charge in [0.15, 0.2) is 0 Å². The fourth-order valence-electron chi connectivity index (χ4n) is 5.47. The summed E-state index contributed by atoms with van der Waals surface area (Å²) in [5.74, 6) is -1.52. The third-order valence-electron chi connectivity index (χ3n) is 7.43. The van der Waals surface area contributed by atoms with E-state index in [1.54, 1.807) is 56.8 Å². The largest absolute Gasteiger partial charge is 0.444 e. The van der Waals surface area contributed by atoms with E-state index in [1.165, 1.54) is 11.0 Å². The van der Waals surface area contributed by atoms with E-state index < -0.39 is 47.2 Å². The van der Waals surface area contributed by atoms with Crippen molar-refractivity contribution in [2.75, 3.05) is 11.4 Å². The van der Waals surface area contributed by atoms with Gasteiger partial charge in [0.05, 0.1) is 17.4 Å². The van der Waals surface area contributed by atoms with Crippen molar-refractivity contribution in [2.45, 2.75) is 58.0 Å². The van der Waals surface area contributed by atoms with Crippen LogP contribution in [0.3, 0.4) is 0 Å². The molecule has 1 aliphatic heterocycles. The lowest BCUT2D eigenvalue weighted by atomic mass is 9.81. The van der Waals surface area contributed by atoms with Gasteiger partial charge in [0.2, 0.25) is 0 Å². The number of para-hydroxylation sites is 1. The summed E-state index contributed by atoms with van der Waals surface area (Å²) >= 11 is 0. The summed E-state index contributed by atoms with van der Waals surface area (Å²) in [6.07, 6.45) is -3.60. The molecule has 2 N–H and O–H groups in total. The Morgan fingerprint density at radius 1 is 0.957 bits per heavy atom. The quantitative estimate of drug-likeness (QED) is 0.252. The summed E-state index contributed by atoms with van der Waals surface area (Å²) in [5, 5.41) is 10.1. The first kappa shape index (κ1) is 32.3. The second kappa shape index (κ2) is 12.7. The number of alkyl carbamates (subject to hydrolysis) is 1. The van der Waals surface area contributed by atoms with Crippen molar-refractivity contribution in [1.29, 1.82) is 0 Å². The maximum absolute atomic E-state index is 14.2. The van der Waals surface area contributed by atoms with Crippen molar-refractivity contribution in [3.05, 3.63) is 113 Å². The highest BCUT2D eigenvalue weighted by Crippen LogP contribution is 2.41. The van der Waals surface area contributed by atoms with E-state index >= 15 is 0 Å². The number of carbonyl (C=O) groups is 3. The maximum atomic E-state index is 14.2. The highest BCUT2D eigenvalue weighted by molar-refractivity contribution is 6.05. The molecule has 9 nitrogen and oxygen atoms in total. The molecule has 2 atom stereocenters. The van der Waals surface area contributed by atoms with Gasteiger partial charge in [0, 0.05) is 30.1 Å². The minimum Gasteiger partial charge on any atom is -0.444 e. The molecular formula is C34H34F3N5O4. The smallest absolute Gasteiger partial charge is 0.416 e. The second-order valence-corrected chi connectivity index (χ2v) is 11.9. The van der Waals surface area contributed by atoms with Gasteiger partial charge in [0.25, 0.3) is 11.8 Å².